The van der Waals surface area contributed by atoms with Crippen LogP contribution in [0.3, 0.4) is 0 Å². The maximum absolute atomic E-state index is 11.5. The van der Waals surface area contributed by atoms with E-state index in [9.17, 15) is 4.79 Å². The van der Waals surface area contributed by atoms with Crippen LogP contribution in [0.25, 0.3) is 0 Å². The van der Waals surface area contributed by atoms with Gasteiger partial charge in [-0.1, -0.05) is 55.9 Å². The van der Waals surface area contributed by atoms with E-state index in [1.807, 2.05) is 25.1 Å². The van der Waals surface area contributed by atoms with E-state index in [-0.39, 0.29) is 11.7 Å². The van der Waals surface area contributed by atoms with Crippen molar-refractivity contribution in [1.29, 1.82) is 0 Å². The first-order valence-corrected chi connectivity index (χ1v) is 8.83. The minimum absolute atomic E-state index is 0.221. The van der Waals surface area contributed by atoms with Crippen LogP contribution in [0.5, 0.6) is 0 Å². The fourth-order valence-corrected chi connectivity index (χ4v) is 2.97. The predicted octanol–water partition coefficient (Wildman–Crippen LogP) is 3.18. The quantitative estimate of drug-likeness (QED) is 0.548. The van der Waals surface area contributed by atoms with Crippen LogP contribution in [0.1, 0.15) is 32.2 Å². The fourth-order valence-electron chi connectivity index (χ4n) is 2.21. The van der Waals surface area contributed by atoms with Crippen molar-refractivity contribution in [2.24, 2.45) is 5.92 Å². The van der Waals surface area contributed by atoms with Crippen LogP contribution in [-0.4, -0.2) is 33.1 Å². The van der Waals surface area contributed by atoms with Gasteiger partial charge in [-0.25, -0.2) is 0 Å². The molecule has 0 N–H and O–H groups in total. The molecule has 2 aromatic rings. The highest BCUT2D eigenvalue weighted by atomic mass is 32.2. The van der Waals surface area contributed by atoms with E-state index < -0.39 is 0 Å². The second-order valence-electron chi connectivity index (χ2n) is 5.66. The molecule has 124 valence electrons. The number of thioether (sulfide) groups is 1. The highest BCUT2D eigenvalue weighted by molar-refractivity contribution is 7.99. The molecule has 0 atom stereocenters. The summed E-state index contributed by atoms with van der Waals surface area (Å²) in [6.45, 7) is 7.36. The van der Waals surface area contributed by atoms with E-state index in [1.165, 1.54) is 17.3 Å². The molecule has 0 aliphatic carbocycles. The molecule has 0 saturated carbocycles. The number of hydrogen-bond acceptors (Lipinski definition) is 5. The summed E-state index contributed by atoms with van der Waals surface area (Å²) < 4.78 is 7.08. The molecule has 23 heavy (non-hydrogen) atoms. The Labute approximate surface area is 141 Å². The molecule has 2 rings (SSSR count). The van der Waals surface area contributed by atoms with Gasteiger partial charge in [-0.05, 0) is 18.4 Å². The molecule has 0 saturated heterocycles. The molecule has 0 unspecified atom stereocenters. The van der Waals surface area contributed by atoms with Crippen molar-refractivity contribution in [1.82, 2.24) is 14.8 Å². The van der Waals surface area contributed by atoms with Gasteiger partial charge >= 0.3 is 5.97 Å². The number of esters is 1. The van der Waals surface area contributed by atoms with E-state index in [1.54, 1.807) is 0 Å². The van der Waals surface area contributed by atoms with Crippen LogP contribution in [-0.2, 0) is 22.5 Å². The lowest BCUT2D eigenvalue weighted by atomic mass is 10.1. The number of benzene rings is 1. The Balaban J connectivity index is 2.14. The zero-order valence-electron chi connectivity index (χ0n) is 13.9. The largest absolute Gasteiger partial charge is 0.465 e. The first-order chi connectivity index (χ1) is 11.1. The van der Waals surface area contributed by atoms with Gasteiger partial charge in [0.25, 0.3) is 0 Å². The van der Waals surface area contributed by atoms with Gasteiger partial charge in [0.1, 0.15) is 5.82 Å². The second-order valence-corrected chi connectivity index (χ2v) is 6.60. The third-order valence-electron chi connectivity index (χ3n) is 3.17. The van der Waals surface area contributed by atoms with Crippen LogP contribution in [0.15, 0.2) is 35.5 Å². The van der Waals surface area contributed by atoms with Gasteiger partial charge in [0.15, 0.2) is 5.16 Å². The minimum Gasteiger partial charge on any atom is -0.465 e. The van der Waals surface area contributed by atoms with E-state index in [4.69, 9.17) is 4.74 Å². The third kappa shape index (κ3) is 5.39. The van der Waals surface area contributed by atoms with Crippen LogP contribution in [0.2, 0.25) is 0 Å². The average Bonchev–Trinajstić information content (AvgIpc) is 2.88. The molecule has 6 heteroatoms. The molecule has 0 amide bonds. The van der Waals surface area contributed by atoms with Crippen molar-refractivity contribution in [3.05, 3.63) is 41.7 Å². The Bertz CT molecular complexity index is 626. The van der Waals surface area contributed by atoms with Gasteiger partial charge < -0.3 is 9.30 Å². The molecular weight excluding hydrogens is 310 g/mol. The van der Waals surface area contributed by atoms with Gasteiger partial charge in [-0.3, -0.25) is 4.79 Å². The summed E-state index contributed by atoms with van der Waals surface area (Å²) in [6.07, 6.45) is 0.737. The maximum Gasteiger partial charge on any atom is 0.316 e. The summed E-state index contributed by atoms with van der Waals surface area (Å²) in [6, 6.07) is 10.2. The lowest BCUT2D eigenvalue weighted by Gasteiger charge is -2.12. The molecule has 1 aromatic heterocycles. The van der Waals surface area contributed by atoms with Crippen LogP contribution >= 0.6 is 11.8 Å². The van der Waals surface area contributed by atoms with Crippen molar-refractivity contribution < 1.29 is 9.53 Å². The van der Waals surface area contributed by atoms with Crippen LogP contribution in [0, 0.1) is 5.92 Å². The zero-order chi connectivity index (χ0) is 16.7. The van der Waals surface area contributed by atoms with Gasteiger partial charge in [0, 0.05) is 13.0 Å². The number of carbonyl (C=O) groups excluding carboxylic acids is 1. The molecule has 1 aromatic carbocycles. The zero-order valence-corrected chi connectivity index (χ0v) is 14.7. The molecule has 0 bridgehead atoms. The Morgan fingerprint density at radius 2 is 2.00 bits per heavy atom. The highest BCUT2D eigenvalue weighted by Gasteiger charge is 2.15. The van der Waals surface area contributed by atoms with Crippen molar-refractivity contribution in [2.75, 3.05) is 12.4 Å². The fraction of sp³-hybridized carbons (Fsp3) is 0.471. The first kappa shape index (κ1) is 17.5. The van der Waals surface area contributed by atoms with Crippen LogP contribution < -0.4 is 0 Å². The standard InChI is InChI=1S/C17H23N3O2S/c1-4-22-16(21)12-23-17-19-18-15(20(17)11-13(2)3)10-14-8-6-5-7-9-14/h5-9,13H,4,10-12H2,1-3H3. The van der Waals surface area contributed by atoms with E-state index in [2.05, 4.69) is 40.7 Å². The monoisotopic (exact) mass is 333 g/mol. The Morgan fingerprint density at radius 3 is 2.65 bits per heavy atom. The molecule has 0 radical (unpaired) electrons. The number of nitrogens with zero attached hydrogens (tertiary/aromatic N) is 3. The number of carbonyl (C=O) groups is 1. The van der Waals surface area contributed by atoms with Crippen molar-refractivity contribution in [3.8, 4) is 0 Å². The van der Waals surface area contributed by atoms with Gasteiger partial charge in [0.05, 0.1) is 12.4 Å². The normalized spacial score (nSPS) is 11.0. The smallest absolute Gasteiger partial charge is 0.316 e. The van der Waals surface area contributed by atoms with Crippen molar-refractivity contribution in [3.63, 3.8) is 0 Å². The predicted molar refractivity (Wildman–Crippen MR) is 91.5 cm³/mol. The first-order valence-electron chi connectivity index (χ1n) is 7.84. The molecule has 5 nitrogen and oxygen atoms in total. The minimum atomic E-state index is -0.221. The maximum atomic E-state index is 11.5. The third-order valence-corrected chi connectivity index (χ3v) is 4.11. The Hall–Kier alpha value is -1.82. The molecule has 0 aliphatic rings. The summed E-state index contributed by atoms with van der Waals surface area (Å²) in [7, 11) is 0. The molecule has 0 fully saturated rings. The topological polar surface area (TPSA) is 57.0 Å². The van der Waals surface area contributed by atoms with Crippen LogP contribution in [0.4, 0.5) is 0 Å². The summed E-state index contributed by atoms with van der Waals surface area (Å²) in [5, 5.41) is 9.37. The summed E-state index contributed by atoms with van der Waals surface area (Å²) in [5.74, 6) is 1.44. The molecule has 1 heterocycles. The Kier molecular flexibility index (Phi) is 6.65. The summed E-state index contributed by atoms with van der Waals surface area (Å²) >= 11 is 1.38. The van der Waals surface area contributed by atoms with Gasteiger partial charge in [-0.2, -0.15) is 0 Å². The Morgan fingerprint density at radius 1 is 1.26 bits per heavy atom. The summed E-state index contributed by atoms with van der Waals surface area (Å²) in [5.41, 5.74) is 1.20. The molecular formula is C17H23N3O2S. The van der Waals surface area contributed by atoms with E-state index in [0.29, 0.717) is 12.5 Å². The SMILES string of the molecule is CCOC(=O)CSc1nnc(Cc2ccccc2)n1CC(C)C. The average molecular weight is 333 g/mol. The van der Waals surface area contributed by atoms with Crippen molar-refractivity contribution >= 4 is 17.7 Å². The molecule has 0 aliphatic heterocycles. The van der Waals surface area contributed by atoms with E-state index in [0.717, 1.165) is 23.9 Å². The van der Waals surface area contributed by atoms with Crippen molar-refractivity contribution in [2.45, 2.75) is 38.9 Å². The van der Waals surface area contributed by atoms with Gasteiger partial charge in [-0.15, -0.1) is 10.2 Å². The lowest BCUT2D eigenvalue weighted by molar-refractivity contribution is -0.139. The number of hydrogen-bond donors (Lipinski definition) is 0. The summed E-state index contributed by atoms with van der Waals surface area (Å²) in [4.78, 5) is 11.5. The lowest BCUT2D eigenvalue weighted by Crippen LogP contribution is -2.12. The van der Waals surface area contributed by atoms with E-state index >= 15 is 0 Å². The number of rotatable bonds is 8. The molecule has 0 spiro atoms. The number of aromatic nitrogens is 3. The highest BCUT2D eigenvalue weighted by Crippen LogP contribution is 2.20. The van der Waals surface area contributed by atoms with Gasteiger partial charge in [0.2, 0.25) is 0 Å². The number of ether oxygens (including phenoxy) is 1. The second kappa shape index (κ2) is 8.72.